The second-order valence-electron chi connectivity index (χ2n) is 10.7. The molecule has 0 saturated carbocycles. The normalized spacial score (nSPS) is 13.0. The number of aryl methyl sites for hydroxylation is 4. The number of nitrogen functional groups attached to an aromatic ring is 2. The molecule has 0 heterocycles. The summed E-state index contributed by atoms with van der Waals surface area (Å²) in [6.07, 6.45) is 0. The van der Waals surface area contributed by atoms with Crippen molar-refractivity contribution in [3.05, 3.63) is 134 Å². The Balaban J connectivity index is 1.87. The molecule has 0 aliphatic heterocycles. The Morgan fingerprint density at radius 1 is 0.667 bits per heavy atom. The fraction of sp³-hybridized carbons (Fsp3) is 0.143. The molecule has 0 aromatic heterocycles. The van der Waals surface area contributed by atoms with Crippen molar-refractivity contribution in [2.75, 3.05) is 11.5 Å². The summed E-state index contributed by atoms with van der Waals surface area (Å²) in [4.78, 5) is 3.81. The minimum Gasteiger partial charge on any atom is -0.398 e. The molecule has 0 unspecified atom stereocenters. The van der Waals surface area contributed by atoms with Gasteiger partial charge in [-0.25, -0.2) is 4.85 Å². The highest BCUT2D eigenvalue weighted by molar-refractivity contribution is 5.97. The third-order valence-electron chi connectivity index (χ3n) is 8.39. The quantitative estimate of drug-likeness (QED) is 0.185. The lowest BCUT2D eigenvalue weighted by Gasteiger charge is -2.36. The lowest BCUT2D eigenvalue weighted by Crippen LogP contribution is -2.29. The van der Waals surface area contributed by atoms with Gasteiger partial charge < -0.3 is 11.5 Å². The molecule has 5 aromatic rings. The van der Waals surface area contributed by atoms with E-state index in [1.165, 1.54) is 0 Å². The molecule has 0 fully saturated rings. The summed E-state index contributed by atoms with van der Waals surface area (Å²) in [6.45, 7) is 16.0. The van der Waals surface area contributed by atoms with Gasteiger partial charge in [0.25, 0.3) is 0 Å². The van der Waals surface area contributed by atoms with E-state index in [0.717, 1.165) is 77.8 Å². The van der Waals surface area contributed by atoms with Crippen molar-refractivity contribution in [3.8, 4) is 17.2 Å². The number of nitrogens with two attached hydrogens (primary N) is 2. The second-order valence-corrected chi connectivity index (χ2v) is 10.7. The summed E-state index contributed by atoms with van der Waals surface area (Å²) in [6, 6.07) is 27.3. The van der Waals surface area contributed by atoms with Crippen LogP contribution in [0, 0.1) is 45.6 Å². The Bertz CT molecular complexity index is 1850. The Morgan fingerprint density at radius 3 is 1.77 bits per heavy atom. The van der Waals surface area contributed by atoms with E-state index in [2.05, 4.69) is 53.4 Å². The van der Waals surface area contributed by atoms with Crippen LogP contribution in [0.1, 0.15) is 50.1 Å². The fourth-order valence-corrected chi connectivity index (χ4v) is 6.36. The van der Waals surface area contributed by atoms with Crippen LogP contribution in [0.3, 0.4) is 0 Å². The number of anilines is 2. The predicted octanol–water partition coefficient (Wildman–Crippen LogP) is 8.02. The van der Waals surface area contributed by atoms with Gasteiger partial charge in [0, 0.05) is 11.4 Å². The van der Waals surface area contributed by atoms with Gasteiger partial charge >= 0.3 is 0 Å². The summed E-state index contributed by atoms with van der Waals surface area (Å²) < 4.78 is 0. The third kappa shape index (κ3) is 3.36. The van der Waals surface area contributed by atoms with E-state index in [-0.39, 0.29) is 0 Å². The third-order valence-corrected chi connectivity index (χ3v) is 8.39. The molecule has 5 aromatic carbocycles. The van der Waals surface area contributed by atoms with Crippen LogP contribution in [0.5, 0.6) is 0 Å². The zero-order valence-corrected chi connectivity index (χ0v) is 22.5. The smallest absolute Gasteiger partial charge is 0.187 e. The number of hydrogen-bond acceptors (Lipinski definition) is 3. The molecule has 0 saturated heterocycles. The molecule has 4 heteroatoms. The molecule has 188 valence electrons. The van der Waals surface area contributed by atoms with E-state index in [1.807, 2.05) is 58.0 Å². The first-order chi connectivity index (χ1) is 18.7. The summed E-state index contributed by atoms with van der Waals surface area (Å²) in [5, 5.41) is 11.7. The highest BCUT2D eigenvalue weighted by atomic mass is 14.6. The number of hydrogen-bond donors (Lipinski definition) is 2. The molecule has 39 heavy (non-hydrogen) atoms. The molecule has 0 spiro atoms. The first-order valence-electron chi connectivity index (χ1n) is 12.9. The molecule has 4 nitrogen and oxygen atoms in total. The Morgan fingerprint density at radius 2 is 1.23 bits per heavy atom. The number of benzene rings is 5. The molecular weight excluding hydrogens is 476 g/mol. The van der Waals surface area contributed by atoms with Crippen LogP contribution in [0.25, 0.3) is 26.7 Å². The second kappa shape index (κ2) is 8.48. The Labute approximate surface area is 229 Å². The van der Waals surface area contributed by atoms with E-state index in [9.17, 15) is 5.26 Å². The lowest BCUT2D eigenvalue weighted by atomic mass is 9.66. The maximum atomic E-state index is 9.62. The van der Waals surface area contributed by atoms with Crippen molar-refractivity contribution in [1.29, 1.82) is 5.26 Å². The maximum absolute atomic E-state index is 9.62. The predicted molar refractivity (Wildman–Crippen MR) is 160 cm³/mol. The van der Waals surface area contributed by atoms with Crippen molar-refractivity contribution < 1.29 is 0 Å². The van der Waals surface area contributed by atoms with Crippen molar-refractivity contribution in [1.82, 2.24) is 0 Å². The van der Waals surface area contributed by atoms with Gasteiger partial charge in [0.05, 0.1) is 23.6 Å². The summed E-state index contributed by atoms with van der Waals surface area (Å²) >= 11 is 0. The van der Waals surface area contributed by atoms with E-state index in [0.29, 0.717) is 11.3 Å². The van der Waals surface area contributed by atoms with Crippen molar-refractivity contribution in [2.24, 2.45) is 0 Å². The monoisotopic (exact) mass is 504 g/mol. The number of nitrogens with zero attached hydrogens (tertiary/aromatic N) is 2. The van der Waals surface area contributed by atoms with Crippen LogP contribution in [-0.2, 0) is 5.41 Å². The van der Waals surface area contributed by atoms with Gasteiger partial charge in [-0.1, -0.05) is 48.5 Å². The van der Waals surface area contributed by atoms with E-state index < -0.39 is 5.41 Å². The number of fused-ring (bicyclic) bond motifs is 4. The highest BCUT2D eigenvalue weighted by Crippen LogP contribution is 2.58. The fourth-order valence-electron chi connectivity index (χ4n) is 6.36. The molecule has 0 bridgehead atoms. The Kier molecular flexibility index (Phi) is 5.28. The van der Waals surface area contributed by atoms with Gasteiger partial charge in [0.2, 0.25) is 0 Å². The topological polar surface area (TPSA) is 80.2 Å². The molecule has 1 aliphatic carbocycles. The van der Waals surface area contributed by atoms with Gasteiger partial charge in [0.15, 0.2) is 5.69 Å². The van der Waals surface area contributed by atoms with Gasteiger partial charge in [-0.2, -0.15) is 5.26 Å². The SMILES string of the molecule is [C-]#[N+]c1ccc2c(c1)C(c1cc(C)c(N)c(C)c1)(c1cc(C)c(N)c(C)c1)c1cc3cc(C#N)ccc3cc1-2. The van der Waals surface area contributed by atoms with E-state index >= 15 is 0 Å². The van der Waals surface area contributed by atoms with Crippen molar-refractivity contribution in [2.45, 2.75) is 33.1 Å². The van der Waals surface area contributed by atoms with Crippen LogP contribution in [0.2, 0.25) is 0 Å². The van der Waals surface area contributed by atoms with E-state index in [1.54, 1.807) is 0 Å². The van der Waals surface area contributed by atoms with Gasteiger partial charge in [-0.15, -0.1) is 0 Å². The van der Waals surface area contributed by atoms with Crippen LogP contribution in [0.4, 0.5) is 17.1 Å². The van der Waals surface area contributed by atoms with Crippen LogP contribution < -0.4 is 11.5 Å². The first kappa shape index (κ1) is 24.3. The average Bonchev–Trinajstić information content (AvgIpc) is 3.21. The number of rotatable bonds is 2. The molecule has 4 N–H and O–H groups in total. The van der Waals surface area contributed by atoms with Crippen LogP contribution in [0.15, 0.2) is 72.8 Å². The molecule has 6 rings (SSSR count). The molecule has 0 amide bonds. The standard InChI is InChI=1S/C35H28N4/c1-19-10-26(11-20(2)33(19)37)35(27-12-21(3)34(38)22(4)13-27)31-16-25-14-23(18-36)6-7-24(25)15-30(31)29-9-8-28(39-5)17-32(29)35/h6-17H,37-38H2,1-4H3. The number of nitriles is 1. The maximum Gasteiger partial charge on any atom is 0.187 e. The average molecular weight is 505 g/mol. The van der Waals surface area contributed by atoms with Gasteiger partial charge in [-0.05, 0) is 118 Å². The van der Waals surface area contributed by atoms with Crippen LogP contribution in [-0.4, -0.2) is 0 Å². The molecular formula is C35H28N4. The largest absolute Gasteiger partial charge is 0.398 e. The van der Waals surface area contributed by atoms with Gasteiger partial charge in [-0.3, -0.25) is 0 Å². The first-order valence-corrected chi connectivity index (χ1v) is 12.9. The van der Waals surface area contributed by atoms with E-state index in [4.69, 9.17) is 18.0 Å². The molecule has 0 radical (unpaired) electrons. The summed E-state index contributed by atoms with van der Waals surface area (Å²) in [5.74, 6) is 0. The summed E-state index contributed by atoms with van der Waals surface area (Å²) in [5.41, 5.74) is 25.6. The Hall–Kier alpha value is -5.06. The summed E-state index contributed by atoms with van der Waals surface area (Å²) in [7, 11) is 0. The highest BCUT2D eigenvalue weighted by Gasteiger charge is 2.47. The minimum absolute atomic E-state index is 0.593. The molecule has 1 aliphatic rings. The minimum atomic E-state index is -0.714. The van der Waals surface area contributed by atoms with Crippen molar-refractivity contribution in [3.63, 3.8) is 0 Å². The molecule has 0 atom stereocenters. The zero-order chi connectivity index (χ0) is 27.6. The zero-order valence-electron chi connectivity index (χ0n) is 22.5. The van der Waals surface area contributed by atoms with Crippen LogP contribution >= 0.6 is 0 Å². The van der Waals surface area contributed by atoms with Crippen molar-refractivity contribution >= 4 is 27.8 Å². The van der Waals surface area contributed by atoms with Gasteiger partial charge in [0.1, 0.15) is 0 Å². The lowest BCUT2D eigenvalue weighted by molar-refractivity contribution is 0.766.